The van der Waals surface area contributed by atoms with Gasteiger partial charge in [-0.2, -0.15) is 0 Å². The molecule has 1 N–H and O–H groups in total. The van der Waals surface area contributed by atoms with Gasteiger partial charge in [0.25, 0.3) is 15.9 Å². The second-order valence-electron chi connectivity index (χ2n) is 4.47. The quantitative estimate of drug-likeness (QED) is 0.801. The average Bonchev–Trinajstić information content (AvgIpc) is 2.87. The number of carbonyl (C=O) groups excluding carboxylic acids is 1. The van der Waals surface area contributed by atoms with Crippen LogP contribution in [-0.4, -0.2) is 33.3 Å². The summed E-state index contributed by atoms with van der Waals surface area (Å²) in [5.41, 5.74) is 0.180. The van der Waals surface area contributed by atoms with Crippen LogP contribution in [0.4, 0.5) is 5.88 Å². The molecule has 1 heterocycles. The molecule has 0 aliphatic rings. The van der Waals surface area contributed by atoms with Crippen LogP contribution in [0.3, 0.4) is 0 Å². The summed E-state index contributed by atoms with van der Waals surface area (Å²) in [4.78, 5) is 11.9. The van der Waals surface area contributed by atoms with Crippen LogP contribution in [0.25, 0.3) is 0 Å². The number of hydrogen-bond donors (Lipinski definition) is 1. The van der Waals surface area contributed by atoms with Gasteiger partial charge in [-0.3, -0.25) is 0 Å². The standard InChI is InChI=1S/C14H16N2O6S/c1-4-21-14(17)12-9(2)15-22-13(12)16-23(18,19)11-7-5-10(20-3)6-8-11/h5-8,16H,4H2,1-3H3. The first kappa shape index (κ1) is 16.8. The molecule has 124 valence electrons. The summed E-state index contributed by atoms with van der Waals surface area (Å²) >= 11 is 0. The number of aromatic nitrogens is 1. The highest BCUT2D eigenvalue weighted by atomic mass is 32.2. The molecule has 0 amide bonds. The van der Waals surface area contributed by atoms with Crippen molar-refractivity contribution in [3.05, 3.63) is 35.5 Å². The van der Waals surface area contributed by atoms with Crippen molar-refractivity contribution in [1.29, 1.82) is 0 Å². The molecule has 1 aromatic carbocycles. The largest absolute Gasteiger partial charge is 0.497 e. The van der Waals surface area contributed by atoms with Crippen molar-refractivity contribution in [2.24, 2.45) is 0 Å². The van der Waals surface area contributed by atoms with Gasteiger partial charge >= 0.3 is 5.97 Å². The molecule has 0 saturated heterocycles. The number of aryl methyl sites for hydroxylation is 1. The van der Waals surface area contributed by atoms with Crippen molar-refractivity contribution in [3.8, 4) is 5.75 Å². The topological polar surface area (TPSA) is 108 Å². The van der Waals surface area contributed by atoms with Gasteiger partial charge in [0.15, 0.2) is 0 Å². The molecule has 23 heavy (non-hydrogen) atoms. The van der Waals surface area contributed by atoms with Crippen LogP contribution in [0.15, 0.2) is 33.7 Å². The van der Waals surface area contributed by atoms with Gasteiger partial charge in [-0.05, 0) is 38.1 Å². The first-order valence-electron chi connectivity index (χ1n) is 6.69. The highest BCUT2D eigenvalue weighted by Crippen LogP contribution is 2.24. The molecule has 0 atom stereocenters. The highest BCUT2D eigenvalue weighted by molar-refractivity contribution is 7.92. The Hall–Kier alpha value is -2.55. The number of ether oxygens (including phenoxy) is 2. The average molecular weight is 340 g/mol. The van der Waals surface area contributed by atoms with Gasteiger partial charge < -0.3 is 14.0 Å². The van der Waals surface area contributed by atoms with Gasteiger partial charge in [-0.15, -0.1) is 0 Å². The molecule has 9 heteroatoms. The summed E-state index contributed by atoms with van der Waals surface area (Å²) in [7, 11) is -2.47. The van der Waals surface area contributed by atoms with Crippen LogP contribution >= 0.6 is 0 Å². The predicted octanol–water partition coefficient (Wildman–Crippen LogP) is 1.97. The van der Waals surface area contributed by atoms with Crippen molar-refractivity contribution in [2.45, 2.75) is 18.7 Å². The van der Waals surface area contributed by atoms with E-state index in [-0.39, 0.29) is 28.6 Å². The van der Waals surface area contributed by atoms with Crippen LogP contribution in [0.1, 0.15) is 23.0 Å². The molecular formula is C14H16N2O6S. The van der Waals surface area contributed by atoms with Gasteiger partial charge in [0.2, 0.25) is 0 Å². The number of sulfonamides is 1. The summed E-state index contributed by atoms with van der Waals surface area (Å²) in [6, 6.07) is 5.75. The summed E-state index contributed by atoms with van der Waals surface area (Å²) in [5, 5.41) is 3.60. The molecule has 8 nitrogen and oxygen atoms in total. The van der Waals surface area contributed by atoms with Gasteiger partial charge in [0.1, 0.15) is 11.3 Å². The van der Waals surface area contributed by atoms with Crippen LogP contribution < -0.4 is 9.46 Å². The van der Waals surface area contributed by atoms with Crippen LogP contribution in [-0.2, 0) is 14.8 Å². The Morgan fingerprint density at radius 3 is 2.52 bits per heavy atom. The zero-order chi connectivity index (χ0) is 17.0. The number of carbonyl (C=O) groups is 1. The number of rotatable bonds is 6. The minimum absolute atomic E-state index is 0.0119. The van der Waals surface area contributed by atoms with Crippen molar-refractivity contribution >= 4 is 21.9 Å². The molecular weight excluding hydrogens is 324 g/mol. The van der Waals surface area contributed by atoms with E-state index in [2.05, 4.69) is 9.88 Å². The summed E-state index contributed by atoms with van der Waals surface area (Å²) < 4.78 is 41.6. The normalized spacial score (nSPS) is 11.1. The Kier molecular flexibility index (Phi) is 4.89. The number of methoxy groups -OCH3 is 1. The van der Waals surface area contributed by atoms with Gasteiger partial charge in [0, 0.05) is 0 Å². The minimum atomic E-state index is -3.94. The van der Waals surface area contributed by atoms with E-state index >= 15 is 0 Å². The lowest BCUT2D eigenvalue weighted by Gasteiger charge is -2.07. The van der Waals surface area contributed by atoms with Crippen molar-refractivity contribution in [3.63, 3.8) is 0 Å². The maximum absolute atomic E-state index is 12.4. The zero-order valence-electron chi connectivity index (χ0n) is 12.8. The molecule has 0 aliphatic carbocycles. The maximum atomic E-state index is 12.4. The predicted molar refractivity (Wildman–Crippen MR) is 81.0 cm³/mol. The fraction of sp³-hybridized carbons (Fsp3) is 0.286. The third-order valence-electron chi connectivity index (χ3n) is 2.94. The molecule has 1 aromatic heterocycles. The van der Waals surface area contributed by atoms with E-state index in [1.165, 1.54) is 38.3 Å². The molecule has 0 fully saturated rings. The van der Waals surface area contributed by atoms with Crippen molar-refractivity contribution in [1.82, 2.24) is 5.16 Å². The Labute approximate surface area is 133 Å². The Morgan fingerprint density at radius 2 is 1.96 bits per heavy atom. The Morgan fingerprint density at radius 1 is 1.30 bits per heavy atom. The number of anilines is 1. The number of nitrogens with one attached hydrogen (secondary N) is 1. The molecule has 2 rings (SSSR count). The molecule has 0 bridgehead atoms. The molecule has 0 radical (unpaired) electrons. The lowest BCUT2D eigenvalue weighted by Crippen LogP contribution is -2.15. The first-order valence-corrected chi connectivity index (χ1v) is 8.17. The van der Waals surface area contributed by atoms with Gasteiger partial charge in [0.05, 0.1) is 24.3 Å². The monoisotopic (exact) mass is 340 g/mol. The molecule has 0 unspecified atom stereocenters. The van der Waals surface area contributed by atoms with Gasteiger partial charge in [-0.1, -0.05) is 5.16 Å². The molecule has 0 aliphatic heterocycles. The van der Waals surface area contributed by atoms with E-state index in [1.54, 1.807) is 6.92 Å². The van der Waals surface area contributed by atoms with Crippen molar-refractivity contribution < 1.29 is 27.2 Å². The number of hydrogen-bond acceptors (Lipinski definition) is 7. The van der Waals surface area contributed by atoms with E-state index < -0.39 is 16.0 Å². The smallest absolute Gasteiger partial charge is 0.345 e. The van der Waals surface area contributed by atoms with Crippen LogP contribution in [0.2, 0.25) is 0 Å². The first-order chi connectivity index (χ1) is 10.9. The fourth-order valence-electron chi connectivity index (χ4n) is 1.82. The third-order valence-corrected chi connectivity index (χ3v) is 4.29. The third kappa shape index (κ3) is 3.62. The minimum Gasteiger partial charge on any atom is -0.497 e. The summed E-state index contributed by atoms with van der Waals surface area (Å²) in [6.45, 7) is 3.30. The Balaban J connectivity index is 2.32. The maximum Gasteiger partial charge on any atom is 0.345 e. The van der Waals surface area contributed by atoms with E-state index in [9.17, 15) is 13.2 Å². The van der Waals surface area contributed by atoms with Crippen molar-refractivity contribution in [2.75, 3.05) is 18.4 Å². The second-order valence-corrected chi connectivity index (χ2v) is 6.16. The molecule has 0 saturated carbocycles. The number of nitrogens with zero attached hydrogens (tertiary/aromatic N) is 1. The van der Waals surface area contributed by atoms with E-state index in [1.807, 2.05) is 0 Å². The fourth-order valence-corrected chi connectivity index (χ4v) is 2.81. The van der Waals surface area contributed by atoms with E-state index in [4.69, 9.17) is 14.0 Å². The van der Waals surface area contributed by atoms with E-state index in [0.717, 1.165) is 0 Å². The number of benzene rings is 1. The lowest BCUT2D eigenvalue weighted by atomic mass is 10.2. The summed E-state index contributed by atoms with van der Waals surface area (Å²) in [5.74, 6) is -0.470. The zero-order valence-corrected chi connectivity index (χ0v) is 13.6. The van der Waals surface area contributed by atoms with Gasteiger partial charge in [-0.25, -0.2) is 17.9 Å². The SMILES string of the molecule is CCOC(=O)c1c(C)noc1NS(=O)(=O)c1ccc(OC)cc1. The van der Waals surface area contributed by atoms with E-state index in [0.29, 0.717) is 5.75 Å². The second kappa shape index (κ2) is 6.69. The number of esters is 1. The Bertz CT molecular complexity index is 795. The van der Waals surface area contributed by atoms with Crippen LogP contribution in [0, 0.1) is 6.92 Å². The molecule has 2 aromatic rings. The molecule has 0 spiro atoms. The van der Waals surface area contributed by atoms with Crippen LogP contribution in [0.5, 0.6) is 5.75 Å². The highest BCUT2D eigenvalue weighted by Gasteiger charge is 2.26. The summed E-state index contributed by atoms with van der Waals surface area (Å²) in [6.07, 6.45) is 0. The lowest BCUT2D eigenvalue weighted by molar-refractivity contribution is 0.0526.